The van der Waals surface area contributed by atoms with Gasteiger partial charge in [-0.2, -0.15) is 0 Å². The van der Waals surface area contributed by atoms with E-state index in [2.05, 4.69) is 15.4 Å². The molecular weight excluding hydrogens is 294 g/mol. The summed E-state index contributed by atoms with van der Waals surface area (Å²) >= 11 is 0. The maximum atomic E-state index is 12.2. The van der Waals surface area contributed by atoms with Crippen LogP contribution in [0.5, 0.6) is 0 Å². The zero-order chi connectivity index (χ0) is 16.4. The molecule has 0 spiro atoms. The van der Waals surface area contributed by atoms with E-state index in [0.29, 0.717) is 0 Å². The molecule has 118 valence electrons. The van der Waals surface area contributed by atoms with E-state index in [1.54, 1.807) is 18.5 Å². The van der Waals surface area contributed by atoms with Gasteiger partial charge in [0.2, 0.25) is 5.91 Å². The van der Waals surface area contributed by atoms with Crippen LogP contribution >= 0.6 is 0 Å². The molecule has 23 heavy (non-hydrogen) atoms. The Kier molecular flexibility index (Phi) is 3.92. The van der Waals surface area contributed by atoms with E-state index in [9.17, 15) is 9.59 Å². The minimum atomic E-state index is -0.383. The zero-order valence-electron chi connectivity index (χ0n) is 12.9. The van der Waals surface area contributed by atoms with Gasteiger partial charge in [-0.3, -0.25) is 4.79 Å². The standard InChI is InChI=1S/C16H17N5O2/c1-11-4-6-13(7-5-11)12(2)18-14(22)10-21-16(23)20-9-3-8-17-15(20)19-21/h3-9,12H,10H2,1-2H3,(H,18,22)/t12-/m0/s1. The van der Waals surface area contributed by atoms with Crippen LogP contribution in [0, 0.1) is 6.92 Å². The van der Waals surface area contributed by atoms with Crippen molar-refractivity contribution in [2.45, 2.75) is 26.4 Å². The van der Waals surface area contributed by atoms with Gasteiger partial charge in [0.1, 0.15) is 6.54 Å². The molecule has 0 unspecified atom stereocenters. The van der Waals surface area contributed by atoms with Gasteiger partial charge >= 0.3 is 5.69 Å². The van der Waals surface area contributed by atoms with Gasteiger partial charge in [-0.15, -0.1) is 5.10 Å². The molecule has 0 aliphatic heterocycles. The van der Waals surface area contributed by atoms with Crippen LogP contribution in [-0.4, -0.2) is 25.1 Å². The number of carbonyl (C=O) groups excluding carboxylic acids is 1. The minimum absolute atomic E-state index is 0.140. The number of nitrogens with zero attached hydrogens (tertiary/aromatic N) is 4. The number of carbonyl (C=O) groups is 1. The molecule has 2 heterocycles. The van der Waals surface area contributed by atoms with Crippen LogP contribution in [0.15, 0.2) is 47.5 Å². The van der Waals surface area contributed by atoms with Crippen molar-refractivity contribution in [3.8, 4) is 0 Å². The second-order valence-corrected chi connectivity index (χ2v) is 5.43. The number of benzene rings is 1. The van der Waals surface area contributed by atoms with Crippen LogP contribution in [0.4, 0.5) is 0 Å². The average Bonchev–Trinajstić information content (AvgIpc) is 2.84. The van der Waals surface area contributed by atoms with Crippen molar-refractivity contribution in [1.29, 1.82) is 0 Å². The molecule has 0 saturated carbocycles. The number of fused-ring (bicyclic) bond motifs is 1. The number of nitrogens with one attached hydrogen (secondary N) is 1. The maximum Gasteiger partial charge on any atom is 0.352 e. The molecule has 0 radical (unpaired) electrons. The smallest absolute Gasteiger partial charge is 0.348 e. The van der Waals surface area contributed by atoms with Gasteiger partial charge in [0.15, 0.2) is 0 Å². The van der Waals surface area contributed by atoms with E-state index in [1.165, 1.54) is 4.40 Å². The van der Waals surface area contributed by atoms with E-state index in [-0.39, 0.29) is 30.0 Å². The number of hydrogen-bond acceptors (Lipinski definition) is 4. The summed E-state index contributed by atoms with van der Waals surface area (Å²) in [5.74, 6) is 0.000430. The maximum absolute atomic E-state index is 12.2. The zero-order valence-corrected chi connectivity index (χ0v) is 12.9. The molecule has 3 rings (SSSR count). The highest BCUT2D eigenvalue weighted by Crippen LogP contribution is 2.12. The summed E-state index contributed by atoms with van der Waals surface area (Å²) < 4.78 is 2.41. The summed E-state index contributed by atoms with van der Waals surface area (Å²) in [7, 11) is 0. The molecule has 1 amide bonds. The molecular formula is C16H17N5O2. The summed E-state index contributed by atoms with van der Waals surface area (Å²) in [5.41, 5.74) is 1.79. The Hall–Kier alpha value is -2.96. The Morgan fingerprint density at radius 3 is 2.74 bits per heavy atom. The topological polar surface area (TPSA) is 81.3 Å². The first kappa shape index (κ1) is 15.0. The molecule has 0 fully saturated rings. The van der Waals surface area contributed by atoms with Gasteiger partial charge in [-0.05, 0) is 25.5 Å². The monoisotopic (exact) mass is 311 g/mol. The fourth-order valence-corrected chi connectivity index (χ4v) is 2.33. The van der Waals surface area contributed by atoms with Crippen molar-refractivity contribution in [3.05, 3.63) is 64.3 Å². The number of amides is 1. The second-order valence-electron chi connectivity index (χ2n) is 5.43. The summed E-state index contributed by atoms with van der Waals surface area (Å²) in [6, 6.07) is 9.43. The lowest BCUT2D eigenvalue weighted by Gasteiger charge is -2.14. The van der Waals surface area contributed by atoms with Crippen LogP contribution in [0.1, 0.15) is 24.1 Å². The van der Waals surface area contributed by atoms with Gasteiger partial charge in [0.25, 0.3) is 5.78 Å². The average molecular weight is 311 g/mol. The van der Waals surface area contributed by atoms with E-state index < -0.39 is 0 Å². The molecule has 2 aromatic heterocycles. The lowest BCUT2D eigenvalue weighted by molar-refractivity contribution is -0.122. The van der Waals surface area contributed by atoms with Crippen molar-refractivity contribution in [3.63, 3.8) is 0 Å². The van der Waals surface area contributed by atoms with E-state index >= 15 is 0 Å². The van der Waals surface area contributed by atoms with Gasteiger partial charge in [0.05, 0.1) is 6.04 Å². The molecule has 0 bridgehead atoms. The number of aryl methyl sites for hydroxylation is 1. The van der Waals surface area contributed by atoms with E-state index in [0.717, 1.165) is 15.8 Å². The highest BCUT2D eigenvalue weighted by molar-refractivity contribution is 5.76. The minimum Gasteiger partial charge on any atom is -0.348 e. The molecule has 3 aromatic rings. The first-order valence-electron chi connectivity index (χ1n) is 7.31. The summed E-state index contributed by atoms with van der Waals surface area (Å²) in [4.78, 5) is 28.2. The molecule has 0 aliphatic carbocycles. The van der Waals surface area contributed by atoms with Gasteiger partial charge in [-0.1, -0.05) is 29.8 Å². The Balaban J connectivity index is 1.72. The molecule has 7 heteroatoms. The third-order valence-corrected chi connectivity index (χ3v) is 3.61. The van der Waals surface area contributed by atoms with E-state index in [1.807, 2.05) is 38.1 Å². The first-order chi connectivity index (χ1) is 11.0. The van der Waals surface area contributed by atoms with Gasteiger partial charge in [0, 0.05) is 12.4 Å². The third kappa shape index (κ3) is 3.13. The Labute approximate surface area is 132 Å². The number of hydrogen-bond donors (Lipinski definition) is 1. The quantitative estimate of drug-likeness (QED) is 0.781. The summed E-state index contributed by atoms with van der Waals surface area (Å²) in [5, 5.41) is 6.91. The highest BCUT2D eigenvalue weighted by atomic mass is 16.2. The van der Waals surface area contributed by atoms with Crippen LogP contribution in [0.3, 0.4) is 0 Å². The second kappa shape index (κ2) is 6.04. The van der Waals surface area contributed by atoms with Crippen LogP contribution in [-0.2, 0) is 11.3 Å². The Morgan fingerprint density at radius 2 is 2.04 bits per heavy atom. The van der Waals surface area contributed by atoms with Crippen molar-refractivity contribution in [2.75, 3.05) is 0 Å². The fourth-order valence-electron chi connectivity index (χ4n) is 2.33. The normalized spacial score (nSPS) is 12.3. The molecule has 1 aromatic carbocycles. The van der Waals surface area contributed by atoms with Gasteiger partial charge in [-0.25, -0.2) is 18.9 Å². The molecule has 1 atom stereocenters. The Morgan fingerprint density at radius 1 is 1.30 bits per heavy atom. The first-order valence-corrected chi connectivity index (χ1v) is 7.31. The number of rotatable bonds is 4. The van der Waals surface area contributed by atoms with Gasteiger partial charge < -0.3 is 5.32 Å². The van der Waals surface area contributed by atoms with Crippen LogP contribution < -0.4 is 11.0 Å². The lowest BCUT2D eigenvalue weighted by atomic mass is 10.1. The molecule has 0 aliphatic rings. The largest absolute Gasteiger partial charge is 0.352 e. The SMILES string of the molecule is Cc1ccc([C@H](C)NC(=O)Cn2nc3ncccn3c2=O)cc1. The van der Waals surface area contributed by atoms with Crippen molar-refractivity contribution >= 4 is 11.7 Å². The molecule has 1 N–H and O–H groups in total. The predicted molar refractivity (Wildman–Crippen MR) is 85.0 cm³/mol. The molecule has 7 nitrogen and oxygen atoms in total. The van der Waals surface area contributed by atoms with Crippen LogP contribution in [0.25, 0.3) is 5.78 Å². The molecule has 0 saturated heterocycles. The van der Waals surface area contributed by atoms with Crippen molar-refractivity contribution in [1.82, 2.24) is 24.5 Å². The lowest BCUT2D eigenvalue weighted by Crippen LogP contribution is -2.34. The van der Waals surface area contributed by atoms with Crippen molar-refractivity contribution in [2.24, 2.45) is 0 Å². The van der Waals surface area contributed by atoms with E-state index in [4.69, 9.17) is 0 Å². The van der Waals surface area contributed by atoms with Crippen LogP contribution in [0.2, 0.25) is 0 Å². The predicted octanol–water partition coefficient (Wildman–Crippen LogP) is 1.08. The van der Waals surface area contributed by atoms with Crippen molar-refractivity contribution < 1.29 is 4.79 Å². The third-order valence-electron chi connectivity index (χ3n) is 3.61. The number of aromatic nitrogens is 4. The fraction of sp³-hybridized carbons (Fsp3) is 0.250. The highest BCUT2D eigenvalue weighted by Gasteiger charge is 2.13. The Bertz CT molecular complexity index is 895. The summed E-state index contributed by atoms with van der Waals surface area (Å²) in [6.45, 7) is 3.77. The summed E-state index contributed by atoms with van der Waals surface area (Å²) in [6.07, 6.45) is 3.12.